The third-order valence-electron chi connectivity index (χ3n) is 7.13. The molecule has 1 aromatic heterocycles. The molecule has 0 bridgehead atoms. The van der Waals surface area contributed by atoms with Crippen molar-refractivity contribution in [2.24, 2.45) is 5.92 Å². The predicted molar refractivity (Wildman–Crippen MR) is 129 cm³/mol. The van der Waals surface area contributed by atoms with Gasteiger partial charge >= 0.3 is 0 Å². The van der Waals surface area contributed by atoms with Crippen LogP contribution in [0.2, 0.25) is 0 Å². The van der Waals surface area contributed by atoms with E-state index in [4.69, 9.17) is 4.98 Å². The number of imidazole rings is 1. The van der Waals surface area contributed by atoms with Gasteiger partial charge in [-0.2, -0.15) is 0 Å². The summed E-state index contributed by atoms with van der Waals surface area (Å²) in [5.41, 5.74) is 2.95. The second kappa shape index (κ2) is 8.03. The number of piperidine rings is 1. The lowest BCUT2D eigenvalue weighted by molar-refractivity contribution is -0.136. The number of aromatic amines is 1. The number of fused-ring (bicyclic) bond motifs is 2. The maximum atomic E-state index is 13.3. The first kappa shape index (κ1) is 20.0. The molecule has 6 heteroatoms. The van der Waals surface area contributed by atoms with Gasteiger partial charge in [-0.25, -0.2) is 4.98 Å². The number of hydrogen-bond acceptors (Lipinski definition) is 3. The minimum atomic E-state index is -0.279. The molecule has 0 spiro atoms. The second-order valence-electron chi connectivity index (χ2n) is 9.14. The molecular formula is C27H26N4O2. The molecule has 2 fully saturated rings. The molecule has 0 radical (unpaired) electrons. The molecule has 166 valence electrons. The minimum Gasteiger partial charge on any atom is -0.342 e. The third-order valence-corrected chi connectivity index (χ3v) is 7.13. The van der Waals surface area contributed by atoms with Crippen LogP contribution in [-0.4, -0.2) is 46.3 Å². The molecule has 3 heterocycles. The predicted octanol–water partition coefficient (Wildman–Crippen LogP) is 4.48. The molecule has 6 rings (SSSR count). The van der Waals surface area contributed by atoms with Crippen molar-refractivity contribution < 1.29 is 9.59 Å². The number of amides is 2. The summed E-state index contributed by atoms with van der Waals surface area (Å²) in [5, 5.41) is 2.15. The van der Waals surface area contributed by atoms with E-state index in [1.54, 1.807) is 4.90 Å². The molecule has 4 aromatic rings. The molecule has 1 unspecified atom stereocenters. The number of hydrogen-bond donors (Lipinski definition) is 1. The van der Waals surface area contributed by atoms with Gasteiger partial charge in [-0.3, -0.25) is 9.59 Å². The van der Waals surface area contributed by atoms with Gasteiger partial charge < -0.3 is 14.8 Å². The minimum absolute atomic E-state index is 0.0295. The van der Waals surface area contributed by atoms with Gasteiger partial charge in [0.15, 0.2) is 0 Å². The molecule has 0 aliphatic carbocycles. The molecule has 2 saturated heterocycles. The highest BCUT2D eigenvalue weighted by atomic mass is 16.2. The van der Waals surface area contributed by atoms with Crippen molar-refractivity contribution in [1.29, 1.82) is 0 Å². The van der Waals surface area contributed by atoms with E-state index in [9.17, 15) is 9.59 Å². The Balaban J connectivity index is 1.14. The summed E-state index contributed by atoms with van der Waals surface area (Å²) < 4.78 is 0. The number of carbonyl (C=O) groups is 2. The number of H-pyrrole nitrogens is 1. The largest absolute Gasteiger partial charge is 0.342 e. The quantitative estimate of drug-likeness (QED) is 0.513. The smallest absolute Gasteiger partial charge is 0.228 e. The standard InChI is InChI=1S/C27H26N4O2/c32-25-16-20(17-31(25)24-11-5-7-18-6-1-2-8-21(18)24)27(33)30-14-12-19(13-15-30)26-28-22-9-3-4-10-23(22)29-26/h1-11,19-20H,12-17H2,(H,28,29). The van der Waals surface area contributed by atoms with Gasteiger partial charge in [0, 0.05) is 37.4 Å². The number of nitrogens with zero attached hydrogens (tertiary/aromatic N) is 3. The van der Waals surface area contributed by atoms with Crippen LogP contribution in [0.1, 0.15) is 31.0 Å². The molecular weight excluding hydrogens is 412 g/mol. The maximum Gasteiger partial charge on any atom is 0.228 e. The van der Waals surface area contributed by atoms with E-state index in [-0.39, 0.29) is 24.2 Å². The fourth-order valence-electron chi connectivity index (χ4n) is 5.35. The fourth-order valence-corrected chi connectivity index (χ4v) is 5.35. The highest BCUT2D eigenvalue weighted by molar-refractivity contribution is 6.07. The lowest BCUT2D eigenvalue weighted by Crippen LogP contribution is -2.42. The average Bonchev–Trinajstić information content (AvgIpc) is 3.47. The Hall–Kier alpha value is -3.67. The summed E-state index contributed by atoms with van der Waals surface area (Å²) in [6.45, 7) is 1.87. The van der Waals surface area contributed by atoms with E-state index in [2.05, 4.69) is 4.98 Å². The normalized spacial score (nSPS) is 19.6. The first-order valence-electron chi connectivity index (χ1n) is 11.7. The maximum absolute atomic E-state index is 13.3. The zero-order chi connectivity index (χ0) is 22.4. The van der Waals surface area contributed by atoms with E-state index in [1.165, 1.54) is 0 Å². The van der Waals surface area contributed by atoms with Gasteiger partial charge in [0.2, 0.25) is 11.8 Å². The molecule has 1 N–H and O–H groups in total. The molecule has 33 heavy (non-hydrogen) atoms. The summed E-state index contributed by atoms with van der Waals surface area (Å²) in [7, 11) is 0. The lowest BCUT2D eigenvalue weighted by atomic mass is 9.95. The molecule has 6 nitrogen and oxygen atoms in total. The van der Waals surface area contributed by atoms with Crippen LogP contribution >= 0.6 is 0 Å². The van der Waals surface area contributed by atoms with Gasteiger partial charge in [-0.1, -0.05) is 48.5 Å². The Bertz CT molecular complexity index is 1310. The van der Waals surface area contributed by atoms with Gasteiger partial charge in [-0.15, -0.1) is 0 Å². The zero-order valence-electron chi connectivity index (χ0n) is 18.4. The van der Waals surface area contributed by atoms with E-state index in [0.717, 1.165) is 46.2 Å². The van der Waals surface area contributed by atoms with Gasteiger partial charge in [-0.05, 0) is 36.4 Å². The number of para-hydroxylation sites is 2. The Morgan fingerprint density at radius 1 is 0.939 bits per heavy atom. The number of benzene rings is 3. The molecule has 2 aliphatic rings. The highest BCUT2D eigenvalue weighted by Gasteiger charge is 2.38. The summed E-state index contributed by atoms with van der Waals surface area (Å²) in [6.07, 6.45) is 2.06. The first-order valence-corrected chi connectivity index (χ1v) is 11.7. The molecule has 0 saturated carbocycles. The summed E-state index contributed by atoms with van der Waals surface area (Å²) in [5.74, 6) is 1.20. The summed E-state index contributed by atoms with van der Waals surface area (Å²) >= 11 is 0. The number of aromatic nitrogens is 2. The van der Waals surface area contributed by atoms with Crippen molar-refractivity contribution in [3.63, 3.8) is 0 Å². The van der Waals surface area contributed by atoms with Crippen molar-refractivity contribution >= 4 is 39.3 Å². The van der Waals surface area contributed by atoms with Gasteiger partial charge in [0.25, 0.3) is 0 Å². The summed E-state index contributed by atoms with van der Waals surface area (Å²) in [4.78, 5) is 38.1. The van der Waals surface area contributed by atoms with Crippen molar-refractivity contribution in [1.82, 2.24) is 14.9 Å². The molecule has 2 aliphatic heterocycles. The zero-order valence-corrected chi connectivity index (χ0v) is 18.4. The number of rotatable bonds is 3. The van der Waals surface area contributed by atoms with Crippen molar-refractivity contribution in [3.05, 3.63) is 72.6 Å². The Labute approximate surface area is 192 Å². The van der Waals surface area contributed by atoms with Crippen LogP contribution in [0.25, 0.3) is 21.8 Å². The van der Waals surface area contributed by atoms with Gasteiger partial charge in [0.05, 0.1) is 22.6 Å². The number of anilines is 1. The van der Waals surface area contributed by atoms with E-state index < -0.39 is 0 Å². The van der Waals surface area contributed by atoms with Crippen LogP contribution in [0.15, 0.2) is 66.7 Å². The number of carbonyl (C=O) groups excluding carboxylic acids is 2. The van der Waals surface area contributed by atoms with Crippen molar-refractivity contribution in [2.75, 3.05) is 24.5 Å². The van der Waals surface area contributed by atoms with E-state index >= 15 is 0 Å². The number of likely N-dealkylation sites (tertiary alicyclic amines) is 1. The number of nitrogens with one attached hydrogen (secondary N) is 1. The van der Waals surface area contributed by atoms with Crippen molar-refractivity contribution in [3.8, 4) is 0 Å². The lowest BCUT2D eigenvalue weighted by Gasteiger charge is -2.32. The van der Waals surface area contributed by atoms with Crippen LogP contribution in [-0.2, 0) is 9.59 Å². The Kier molecular flexibility index (Phi) is 4.86. The fraction of sp³-hybridized carbons (Fsp3) is 0.296. The van der Waals surface area contributed by atoms with Crippen LogP contribution in [0, 0.1) is 5.92 Å². The van der Waals surface area contributed by atoms with Crippen LogP contribution in [0.5, 0.6) is 0 Å². The average molecular weight is 439 g/mol. The highest BCUT2D eigenvalue weighted by Crippen LogP contribution is 2.34. The first-order chi connectivity index (χ1) is 16.2. The molecule has 1 atom stereocenters. The van der Waals surface area contributed by atoms with E-state index in [1.807, 2.05) is 71.6 Å². The Morgan fingerprint density at radius 2 is 1.70 bits per heavy atom. The van der Waals surface area contributed by atoms with Crippen LogP contribution in [0.4, 0.5) is 5.69 Å². The monoisotopic (exact) mass is 438 g/mol. The van der Waals surface area contributed by atoms with Crippen LogP contribution < -0.4 is 4.90 Å². The molecule has 3 aromatic carbocycles. The van der Waals surface area contributed by atoms with Crippen LogP contribution in [0.3, 0.4) is 0 Å². The van der Waals surface area contributed by atoms with Crippen molar-refractivity contribution in [2.45, 2.75) is 25.2 Å². The molecule has 2 amide bonds. The Morgan fingerprint density at radius 3 is 2.55 bits per heavy atom. The second-order valence-corrected chi connectivity index (χ2v) is 9.14. The SMILES string of the molecule is O=C(C1CC(=O)N(c2cccc3ccccc23)C1)N1CCC(c2nc3ccccc3[nH]2)CC1. The topological polar surface area (TPSA) is 69.3 Å². The van der Waals surface area contributed by atoms with E-state index in [0.29, 0.717) is 25.6 Å². The summed E-state index contributed by atoms with van der Waals surface area (Å²) in [6, 6.07) is 22.2. The van der Waals surface area contributed by atoms with Gasteiger partial charge in [0.1, 0.15) is 5.82 Å². The third kappa shape index (κ3) is 3.55.